The van der Waals surface area contributed by atoms with Gasteiger partial charge in [0.2, 0.25) is 0 Å². The van der Waals surface area contributed by atoms with Crippen molar-refractivity contribution >= 4 is 31.1 Å². The summed E-state index contributed by atoms with van der Waals surface area (Å²) >= 11 is 3.24. The Morgan fingerprint density at radius 1 is 1.25 bits per heavy atom. The van der Waals surface area contributed by atoms with Crippen LogP contribution in [0.5, 0.6) is 11.5 Å². The van der Waals surface area contributed by atoms with E-state index in [1.165, 1.54) is 0 Å². The van der Waals surface area contributed by atoms with E-state index in [4.69, 9.17) is 9.47 Å². The second-order valence-corrected chi connectivity index (χ2v) is 5.38. The van der Waals surface area contributed by atoms with Gasteiger partial charge in [0, 0.05) is 4.74 Å². The van der Waals surface area contributed by atoms with E-state index in [0.717, 1.165) is 16.2 Å². The molecule has 0 radical (unpaired) electrons. The molecule has 0 bridgehead atoms. The molecule has 0 aliphatic rings. The van der Waals surface area contributed by atoms with Crippen molar-refractivity contribution in [3.63, 3.8) is 0 Å². The summed E-state index contributed by atoms with van der Waals surface area (Å²) in [6, 6.07) is 7.61. The SMILES string of the molecule is COc1ccc(O[CH2][Mg][Br])cc1. The van der Waals surface area contributed by atoms with Crippen molar-refractivity contribution in [1.82, 2.24) is 0 Å². The molecule has 0 saturated heterocycles. The second-order valence-electron chi connectivity index (χ2n) is 2.21. The third-order valence-corrected chi connectivity index (χ3v) is 2.73. The molecule has 62 valence electrons. The third-order valence-electron chi connectivity index (χ3n) is 1.41. The van der Waals surface area contributed by atoms with Gasteiger partial charge in [-0.2, -0.15) is 0 Å². The first-order chi connectivity index (χ1) is 5.86. The number of ether oxygens (including phenoxy) is 2. The average molecular weight is 241 g/mol. The van der Waals surface area contributed by atoms with Crippen molar-refractivity contribution in [2.75, 3.05) is 11.8 Å². The Labute approximate surface area is 87.8 Å². The molecule has 4 heteroatoms. The molecule has 2 nitrogen and oxygen atoms in total. The van der Waals surface area contributed by atoms with Crippen LogP contribution in [0.1, 0.15) is 0 Å². The first-order valence-corrected chi connectivity index (χ1v) is 8.59. The third kappa shape index (κ3) is 3.21. The fourth-order valence-electron chi connectivity index (χ4n) is 0.828. The van der Waals surface area contributed by atoms with E-state index in [1.807, 2.05) is 24.3 Å². The summed E-state index contributed by atoms with van der Waals surface area (Å²) in [5, 5.41) is 0. The summed E-state index contributed by atoms with van der Waals surface area (Å²) in [6.07, 6.45) is 0. The predicted molar refractivity (Wildman–Crippen MR) is 53.2 cm³/mol. The van der Waals surface area contributed by atoms with E-state index in [0.29, 0.717) is 0 Å². The van der Waals surface area contributed by atoms with Crippen LogP contribution < -0.4 is 9.47 Å². The van der Waals surface area contributed by atoms with Crippen molar-refractivity contribution in [1.29, 1.82) is 0 Å². The smallest absolute Gasteiger partial charge is 0.520 e. The molecule has 0 heterocycles. The molecule has 1 aromatic carbocycles. The van der Waals surface area contributed by atoms with Gasteiger partial charge in [0.1, 0.15) is 11.5 Å². The number of rotatable bonds is 4. The van der Waals surface area contributed by atoms with Gasteiger partial charge in [-0.3, -0.25) is 0 Å². The highest BCUT2D eigenvalue weighted by molar-refractivity contribution is 9.23. The Morgan fingerprint density at radius 2 is 1.83 bits per heavy atom. The maximum Gasteiger partial charge on any atom is 0.522 e. The summed E-state index contributed by atoms with van der Waals surface area (Å²) in [5.41, 5.74) is 0. The molecule has 1 aromatic rings. The first kappa shape index (κ1) is 10.1. The Morgan fingerprint density at radius 3 is 2.33 bits per heavy atom. The van der Waals surface area contributed by atoms with Crippen LogP contribution >= 0.6 is 12.9 Å². The molecular weight excluding hydrogens is 232 g/mol. The van der Waals surface area contributed by atoms with Crippen LogP contribution in [0, 0.1) is 0 Å². The summed E-state index contributed by atoms with van der Waals surface area (Å²) in [7, 11) is 1.65. The van der Waals surface area contributed by atoms with Crippen molar-refractivity contribution in [3.05, 3.63) is 24.3 Å². The van der Waals surface area contributed by atoms with E-state index in [-0.39, 0.29) is 18.2 Å². The van der Waals surface area contributed by atoms with E-state index < -0.39 is 0 Å². The van der Waals surface area contributed by atoms with Crippen molar-refractivity contribution in [3.8, 4) is 11.5 Å². The highest BCUT2D eigenvalue weighted by atomic mass is 79.9. The van der Waals surface area contributed by atoms with Crippen LogP contribution in [0.25, 0.3) is 0 Å². The molecule has 0 aliphatic heterocycles. The van der Waals surface area contributed by atoms with Gasteiger partial charge in [0.05, 0.1) is 7.11 Å². The van der Waals surface area contributed by atoms with E-state index in [1.54, 1.807) is 7.11 Å². The zero-order valence-electron chi connectivity index (χ0n) is 6.92. The minimum Gasteiger partial charge on any atom is -0.520 e. The van der Waals surface area contributed by atoms with E-state index in [2.05, 4.69) is 12.9 Å². The maximum atomic E-state index is 5.41. The molecule has 0 atom stereocenters. The number of halogens is 1. The van der Waals surface area contributed by atoms with E-state index in [9.17, 15) is 0 Å². The van der Waals surface area contributed by atoms with Crippen LogP contribution in [0.15, 0.2) is 24.3 Å². The molecule has 0 saturated carbocycles. The quantitative estimate of drug-likeness (QED) is 0.751. The molecule has 12 heavy (non-hydrogen) atoms. The molecule has 0 unspecified atom stereocenters. The average Bonchev–Trinajstić information content (AvgIpc) is 2.15. The zero-order chi connectivity index (χ0) is 8.81. The molecule has 0 spiro atoms. The largest absolute Gasteiger partial charge is 0.522 e. The maximum absolute atomic E-state index is 5.41. The Hall–Kier alpha value is 0.0662. The van der Waals surface area contributed by atoms with Crippen LogP contribution in [0.4, 0.5) is 0 Å². The van der Waals surface area contributed by atoms with Gasteiger partial charge in [-0.15, -0.1) is 0 Å². The summed E-state index contributed by atoms with van der Waals surface area (Å²) in [4.78, 5) is 0. The fourth-order valence-corrected chi connectivity index (χ4v) is 1.63. The Bertz CT molecular complexity index is 225. The van der Waals surface area contributed by atoms with Gasteiger partial charge in [-0.1, -0.05) is 0 Å². The van der Waals surface area contributed by atoms with Crippen LogP contribution in [-0.4, -0.2) is 30.0 Å². The lowest BCUT2D eigenvalue weighted by molar-refractivity contribution is 0.383. The van der Waals surface area contributed by atoms with Gasteiger partial charge in [-0.05, 0) is 24.3 Å². The lowest BCUT2D eigenvalue weighted by Crippen LogP contribution is -2.00. The van der Waals surface area contributed by atoms with Gasteiger partial charge >= 0.3 is 18.2 Å². The molecule has 0 aliphatic carbocycles. The minimum absolute atomic E-state index is 0.186. The molecular formula is C8H9BrMgO2. The Kier molecular flexibility index (Phi) is 4.79. The topological polar surface area (TPSA) is 18.5 Å². The monoisotopic (exact) mass is 240 g/mol. The van der Waals surface area contributed by atoms with Gasteiger partial charge in [0.25, 0.3) is 0 Å². The van der Waals surface area contributed by atoms with Crippen molar-refractivity contribution < 1.29 is 9.47 Å². The molecule has 0 aromatic heterocycles. The highest BCUT2D eigenvalue weighted by Crippen LogP contribution is 2.16. The normalized spacial score (nSPS) is 8.83. The predicted octanol–water partition coefficient (Wildman–Crippen LogP) is 2.05. The standard InChI is InChI=1S/C8H9O2.BrH.Mg/c1-9-7-3-5-8(10-2)6-4-7;;/h3-6H,1H2,2H3;1H;/q;;+1/p-1. The first-order valence-electron chi connectivity index (χ1n) is 3.69. The van der Waals surface area contributed by atoms with Crippen LogP contribution in [0.2, 0.25) is 0 Å². The molecule has 1 rings (SSSR count). The minimum atomic E-state index is -0.186. The lowest BCUT2D eigenvalue weighted by atomic mass is 10.3. The highest BCUT2D eigenvalue weighted by Gasteiger charge is 1.95. The lowest BCUT2D eigenvalue weighted by Gasteiger charge is -2.04. The fraction of sp³-hybridized carbons (Fsp3) is 0.250. The summed E-state index contributed by atoms with van der Waals surface area (Å²) in [6.45, 7) is 0. The number of benzene rings is 1. The van der Waals surface area contributed by atoms with E-state index >= 15 is 0 Å². The van der Waals surface area contributed by atoms with Crippen molar-refractivity contribution in [2.45, 2.75) is 0 Å². The van der Waals surface area contributed by atoms with Crippen LogP contribution in [-0.2, 0) is 0 Å². The molecule has 0 fully saturated rings. The van der Waals surface area contributed by atoms with Gasteiger partial charge in [0.15, 0.2) is 0 Å². The summed E-state index contributed by atoms with van der Waals surface area (Å²) < 4.78 is 11.3. The van der Waals surface area contributed by atoms with Gasteiger partial charge in [-0.25, -0.2) is 0 Å². The number of hydrogen-bond acceptors (Lipinski definition) is 2. The second kappa shape index (κ2) is 5.67. The zero-order valence-corrected chi connectivity index (χ0v) is 9.92. The summed E-state index contributed by atoms with van der Waals surface area (Å²) in [5.74, 6) is 1.76. The van der Waals surface area contributed by atoms with Gasteiger partial charge < -0.3 is 22.4 Å². The number of methoxy groups -OCH3 is 1. The number of hydrogen-bond donors (Lipinski definition) is 0. The van der Waals surface area contributed by atoms with Crippen molar-refractivity contribution in [2.24, 2.45) is 0 Å². The van der Waals surface area contributed by atoms with Crippen LogP contribution in [0.3, 0.4) is 0 Å². The molecule has 0 N–H and O–H groups in total. The molecule has 0 amide bonds. The Balaban J connectivity index is 2.53.